The number of hydrogen-bond donors (Lipinski definition) is 1. The van der Waals surface area contributed by atoms with Gasteiger partial charge in [0.25, 0.3) is 5.91 Å². The molecule has 4 rings (SSSR count). The molecule has 1 atom stereocenters. The molecule has 0 aliphatic carbocycles. The van der Waals surface area contributed by atoms with Gasteiger partial charge in [0.15, 0.2) is 0 Å². The first-order valence-corrected chi connectivity index (χ1v) is 12.4. The number of nitrogens with zero attached hydrogens (tertiary/aromatic N) is 4. The van der Waals surface area contributed by atoms with Crippen LogP contribution in [-0.4, -0.2) is 61.1 Å². The standard InChI is InChI=1S/C25H31N5O3S/c1-4-32-25-27-16-20-23(28-25)29(3)13-14-30(24(20)31)17-18-7-9-19(10-8-18)33-21(11-12-26-2)22-6-5-15-34-22/h5-10,15-16,21,26H,4,11-14,17H2,1-3H3/t21-/m0/s1. The summed E-state index contributed by atoms with van der Waals surface area (Å²) in [4.78, 5) is 26.9. The molecule has 8 nitrogen and oxygen atoms in total. The van der Waals surface area contributed by atoms with Crippen molar-refractivity contribution >= 4 is 23.1 Å². The summed E-state index contributed by atoms with van der Waals surface area (Å²) in [7, 11) is 3.88. The number of anilines is 1. The summed E-state index contributed by atoms with van der Waals surface area (Å²) in [6, 6.07) is 12.5. The van der Waals surface area contributed by atoms with Crippen LogP contribution in [0.1, 0.15) is 40.2 Å². The van der Waals surface area contributed by atoms with E-state index in [2.05, 4.69) is 32.8 Å². The normalized spacial score (nSPS) is 14.5. The van der Waals surface area contributed by atoms with Gasteiger partial charge in [0.2, 0.25) is 0 Å². The number of rotatable bonds is 10. The van der Waals surface area contributed by atoms with E-state index in [0.29, 0.717) is 43.6 Å². The second-order valence-corrected chi connectivity index (χ2v) is 9.11. The first-order chi connectivity index (χ1) is 16.6. The molecule has 0 radical (unpaired) electrons. The molecule has 0 saturated carbocycles. The lowest BCUT2D eigenvalue weighted by Crippen LogP contribution is -2.33. The number of benzene rings is 1. The van der Waals surface area contributed by atoms with Crippen molar-refractivity contribution in [2.24, 2.45) is 0 Å². The molecule has 1 aliphatic rings. The molecule has 1 aliphatic heterocycles. The first kappa shape index (κ1) is 24.0. The number of nitrogens with one attached hydrogen (secondary N) is 1. The fourth-order valence-electron chi connectivity index (χ4n) is 3.86. The second kappa shape index (κ2) is 11.3. The Balaban J connectivity index is 1.45. The maximum atomic E-state index is 13.2. The van der Waals surface area contributed by atoms with Gasteiger partial charge in [-0.2, -0.15) is 4.98 Å². The Hall–Kier alpha value is -3.17. The molecule has 9 heteroatoms. The maximum absolute atomic E-state index is 13.2. The average molecular weight is 482 g/mol. The zero-order valence-corrected chi connectivity index (χ0v) is 20.7. The Morgan fingerprint density at radius 2 is 2.03 bits per heavy atom. The summed E-state index contributed by atoms with van der Waals surface area (Å²) >= 11 is 1.71. The van der Waals surface area contributed by atoms with Crippen LogP contribution < -0.4 is 19.7 Å². The predicted molar refractivity (Wildman–Crippen MR) is 134 cm³/mol. The molecule has 1 amide bonds. The third-order valence-corrected chi connectivity index (χ3v) is 6.66. The van der Waals surface area contributed by atoms with Gasteiger partial charge < -0.3 is 24.6 Å². The predicted octanol–water partition coefficient (Wildman–Crippen LogP) is 3.76. The minimum absolute atomic E-state index is 0.0131. The van der Waals surface area contributed by atoms with Gasteiger partial charge in [0, 0.05) is 44.2 Å². The van der Waals surface area contributed by atoms with E-state index in [-0.39, 0.29) is 12.0 Å². The summed E-state index contributed by atoms with van der Waals surface area (Å²) in [5.41, 5.74) is 1.54. The number of ether oxygens (including phenoxy) is 2. The summed E-state index contributed by atoms with van der Waals surface area (Å²) in [6.45, 7) is 5.02. The zero-order chi connectivity index (χ0) is 23.9. The highest BCUT2D eigenvalue weighted by molar-refractivity contribution is 7.10. The van der Waals surface area contributed by atoms with Crippen molar-refractivity contribution in [2.45, 2.75) is 26.0 Å². The summed E-state index contributed by atoms with van der Waals surface area (Å²) in [5.74, 6) is 1.35. The quantitative estimate of drug-likeness (QED) is 0.472. The molecule has 0 unspecified atom stereocenters. The lowest BCUT2D eigenvalue weighted by atomic mass is 10.1. The molecule has 34 heavy (non-hydrogen) atoms. The van der Waals surface area contributed by atoms with Gasteiger partial charge in [-0.1, -0.05) is 18.2 Å². The minimum atomic E-state index is -0.0763. The number of amides is 1. The number of hydrogen-bond acceptors (Lipinski definition) is 8. The highest BCUT2D eigenvalue weighted by Gasteiger charge is 2.27. The van der Waals surface area contributed by atoms with E-state index in [4.69, 9.17) is 9.47 Å². The van der Waals surface area contributed by atoms with Gasteiger partial charge in [-0.05, 0) is 49.7 Å². The Labute approximate surface area is 204 Å². The second-order valence-electron chi connectivity index (χ2n) is 8.13. The Morgan fingerprint density at radius 1 is 1.21 bits per heavy atom. The molecule has 1 N–H and O–H groups in total. The van der Waals surface area contributed by atoms with Crippen molar-refractivity contribution in [1.29, 1.82) is 0 Å². The Morgan fingerprint density at radius 3 is 2.74 bits per heavy atom. The van der Waals surface area contributed by atoms with E-state index in [1.807, 2.05) is 55.1 Å². The third kappa shape index (κ3) is 5.66. The van der Waals surface area contributed by atoms with Crippen molar-refractivity contribution < 1.29 is 14.3 Å². The SMILES string of the molecule is CCOc1ncc2c(n1)N(C)CCN(Cc1ccc(O[C@@H](CCNC)c3cccs3)cc1)C2=O. The van der Waals surface area contributed by atoms with Gasteiger partial charge in [-0.3, -0.25) is 4.79 Å². The fraction of sp³-hybridized carbons (Fsp3) is 0.400. The lowest BCUT2D eigenvalue weighted by Gasteiger charge is -2.22. The molecule has 180 valence electrons. The number of fused-ring (bicyclic) bond motifs is 1. The van der Waals surface area contributed by atoms with E-state index in [1.54, 1.807) is 17.5 Å². The van der Waals surface area contributed by atoms with Gasteiger partial charge in [0.05, 0.1) is 6.61 Å². The van der Waals surface area contributed by atoms with Crippen LogP contribution in [0, 0.1) is 0 Å². The van der Waals surface area contributed by atoms with E-state index < -0.39 is 0 Å². The van der Waals surface area contributed by atoms with Crippen molar-refractivity contribution in [2.75, 3.05) is 45.2 Å². The van der Waals surface area contributed by atoms with Crippen LogP contribution in [-0.2, 0) is 6.54 Å². The molecule has 0 bridgehead atoms. The average Bonchev–Trinajstić information content (AvgIpc) is 3.36. The molecular weight excluding hydrogens is 450 g/mol. The Kier molecular flexibility index (Phi) is 7.97. The van der Waals surface area contributed by atoms with Crippen molar-refractivity contribution in [3.63, 3.8) is 0 Å². The lowest BCUT2D eigenvalue weighted by molar-refractivity contribution is 0.0754. The number of likely N-dealkylation sites (N-methyl/N-ethyl adjacent to an activating group) is 1. The first-order valence-electron chi connectivity index (χ1n) is 11.5. The van der Waals surface area contributed by atoms with E-state index in [9.17, 15) is 4.79 Å². The van der Waals surface area contributed by atoms with Crippen molar-refractivity contribution in [3.05, 3.63) is 64.0 Å². The highest BCUT2D eigenvalue weighted by Crippen LogP contribution is 2.29. The van der Waals surface area contributed by atoms with Crippen LogP contribution in [0.3, 0.4) is 0 Å². The molecule has 0 spiro atoms. The van der Waals surface area contributed by atoms with E-state index >= 15 is 0 Å². The smallest absolute Gasteiger partial charge is 0.318 e. The molecule has 1 aromatic carbocycles. The van der Waals surface area contributed by atoms with Crippen LogP contribution in [0.2, 0.25) is 0 Å². The zero-order valence-electron chi connectivity index (χ0n) is 19.9. The number of thiophene rings is 1. The molecule has 0 fully saturated rings. The molecule has 3 aromatic rings. The molecular formula is C25H31N5O3S. The maximum Gasteiger partial charge on any atom is 0.318 e. The van der Waals surface area contributed by atoms with Gasteiger partial charge in [-0.15, -0.1) is 11.3 Å². The fourth-order valence-corrected chi connectivity index (χ4v) is 4.65. The highest BCUT2D eigenvalue weighted by atomic mass is 32.1. The number of aromatic nitrogens is 2. The minimum Gasteiger partial charge on any atom is -0.485 e. The van der Waals surface area contributed by atoms with Gasteiger partial charge >= 0.3 is 6.01 Å². The molecule has 0 saturated heterocycles. The summed E-state index contributed by atoms with van der Waals surface area (Å²) in [6.07, 6.45) is 2.47. The summed E-state index contributed by atoms with van der Waals surface area (Å²) < 4.78 is 11.7. The van der Waals surface area contributed by atoms with Crippen LogP contribution in [0.4, 0.5) is 5.82 Å². The van der Waals surface area contributed by atoms with Crippen LogP contribution in [0.5, 0.6) is 11.8 Å². The van der Waals surface area contributed by atoms with Gasteiger partial charge in [0.1, 0.15) is 23.2 Å². The number of carbonyl (C=O) groups excluding carboxylic acids is 1. The Bertz CT molecular complexity index is 1070. The molecule has 3 heterocycles. The van der Waals surface area contributed by atoms with E-state index in [1.165, 1.54) is 4.88 Å². The molecule has 2 aromatic heterocycles. The largest absolute Gasteiger partial charge is 0.485 e. The van der Waals surface area contributed by atoms with Crippen molar-refractivity contribution in [1.82, 2.24) is 20.2 Å². The third-order valence-electron chi connectivity index (χ3n) is 5.70. The van der Waals surface area contributed by atoms with Crippen LogP contribution in [0.25, 0.3) is 0 Å². The topological polar surface area (TPSA) is 79.8 Å². The monoisotopic (exact) mass is 481 g/mol. The summed E-state index contributed by atoms with van der Waals surface area (Å²) in [5, 5.41) is 5.27. The number of carbonyl (C=O) groups is 1. The van der Waals surface area contributed by atoms with Crippen LogP contribution in [0.15, 0.2) is 48.0 Å². The van der Waals surface area contributed by atoms with Crippen LogP contribution >= 0.6 is 11.3 Å². The van der Waals surface area contributed by atoms with Crippen molar-refractivity contribution in [3.8, 4) is 11.8 Å². The van der Waals surface area contributed by atoms with E-state index in [0.717, 1.165) is 24.3 Å². The van der Waals surface area contributed by atoms with Gasteiger partial charge in [-0.25, -0.2) is 4.98 Å².